The molecule has 0 saturated carbocycles. The molecule has 0 unspecified atom stereocenters. The van der Waals surface area contributed by atoms with Crippen LogP contribution in [0.25, 0.3) is 0 Å². The third kappa shape index (κ3) is 22.9. The molecule has 1 aromatic carbocycles. The van der Waals surface area contributed by atoms with E-state index < -0.39 is 11.8 Å². The van der Waals surface area contributed by atoms with Gasteiger partial charge in [0.15, 0.2) is 0 Å². The molecular weight excluding hydrogens is 520 g/mol. The van der Waals surface area contributed by atoms with Crippen LogP contribution >= 0.6 is 0 Å². The Kier molecular flexibility index (Phi) is 25.8. The number of rotatable bonds is 30. The van der Waals surface area contributed by atoms with Crippen molar-refractivity contribution in [1.29, 1.82) is 0 Å². The molecular formula is C30H50O10. The van der Waals surface area contributed by atoms with E-state index in [4.69, 9.17) is 37.9 Å². The molecule has 10 nitrogen and oxygen atoms in total. The zero-order valence-electron chi connectivity index (χ0n) is 24.3. The second-order valence-electron chi connectivity index (χ2n) is 8.89. The molecule has 0 aliphatic rings. The lowest BCUT2D eigenvalue weighted by Crippen LogP contribution is -2.20. The number of hydrogen-bond donors (Lipinski definition) is 0. The summed E-state index contributed by atoms with van der Waals surface area (Å²) in [6.45, 7) is 9.21. The van der Waals surface area contributed by atoms with Crippen molar-refractivity contribution < 1.29 is 47.5 Å². The fourth-order valence-electron chi connectivity index (χ4n) is 3.37. The maximum atomic E-state index is 11.9. The van der Waals surface area contributed by atoms with Crippen LogP contribution in [-0.4, -0.2) is 111 Å². The molecule has 1 rings (SSSR count). The van der Waals surface area contributed by atoms with E-state index in [9.17, 15) is 9.59 Å². The Morgan fingerprint density at radius 3 is 1.30 bits per heavy atom. The van der Waals surface area contributed by atoms with Gasteiger partial charge in [-0.25, -0.2) is 4.79 Å². The van der Waals surface area contributed by atoms with Gasteiger partial charge in [0, 0.05) is 12.2 Å². The second-order valence-corrected chi connectivity index (χ2v) is 8.89. The van der Waals surface area contributed by atoms with E-state index in [1.807, 2.05) is 0 Å². The van der Waals surface area contributed by atoms with Gasteiger partial charge >= 0.3 is 5.97 Å². The van der Waals surface area contributed by atoms with Crippen LogP contribution in [0.15, 0.2) is 30.3 Å². The number of carbonyl (C=O) groups excluding carboxylic acids is 2. The topological polar surface area (TPSA) is 108 Å². The van der Waals surface area contributed by atoms with E-state index in [1.165, 1.54) is 32.1 Å². The first-order valence-electron chi connectivity index (χ1n) is 14.6. The molecule has 0 aliphatic heterocycles. The Balaban J connectivity index is 1.69. The highest BCUT2D eigenvalue weighted by Gasteiger charge is 2.17. The van der Waals surface area contributed by atoms with Crippen molar-refractivity contribution in [3.8, 4) is 0 Å². The lowest BCUT2D eigenvalue weighted by atomic mass is 10.1. The first-order chi connectivity index (χ1) is 19.8. The normalized spacial score (nSPS) is 11.1. The van der Waals surface area contributed by atoms with Crippen LogP contribution in [0.5, 0.6) is 0 Å². The maximum absolute atomic E-state index is 11.9. The number of Topliss-reactive ketones (excluding diaryl/α,β-unsaturated/α-hetero) is 1. The summed E-state index contributed by atoms with van der Waals surface area (Å²) >= 11 is 0. The van der Waals surface area contributed by atoms with Gasteiger partial charge in [0.05, 0.1) is 85.9 Å². The van der Waals surface area contributed by atoms with E-state index in [0.717, 1.165) is 13.0 Å². The molecule has 0 bridgehead atoms. The minimum atomic E-state index is -0.889. The number of ketones is 1. The Morgan fingerprint density at radius 1 is 0.475 bits per heavy atom. The Labute approximate surface area is 239 Å². The van der Waals surface area contributed by atoms with Crippen molar-refractivity contribution in [2.45, 2.75) is 45.4 Å². The lowest BCUT2D eigenvalue weighted by Gasteiger charge is -2.08. The number of esters is 1. The van der Waals surface area contributed by atoms with Gasteiger partial charge in [-0.05, 0) is 6.42 Å². The minimum Gasteiger partial charge on any atom is -0.457 e. The smallest absolute Gasteiger partial charge is 0.379 e. The highest BCUT2D eigenvalue weighted by atomic mass is 16.6. The monoisotopic (exact) mass is 570 g/mol. The van der Waals surface area contributed by atoms with E-state index in [2.05, 4.69) is 6.92 Å². The minimum absolute atomic E-state index is 0.00810. The third-order valence-corrected chi connectivity index (χ3v) is 5.56. The molecule has 0 heterocycles. The molecule has 0 radical (unpaired) electrons. The zero-order valence-corrected chi connectivity index (χ0v) is 24.3. The quantitative estimate of drug-likeness (QED) is 0.0585. The van der Waals surface area contributed by atoms with Gasteiger partial charge in [0.2, 0.25) is 0 Å². The van der Waals surface area contributed by atoms with Crippen LogP contribution < -0.4 is 0 Å². The van der Waals surface area contributed by atoms with Crippen molar-refractivity contribution in [2.24, 2.45) is 0 Å². The van der Waals surface area contributed by atoms with Crippen LogP contribution in [0.1, 0.15) is 55.8 Å². The summed E-state index contributed by atoms with van der Waals surface area (Å²) in [6, 6.07) is 8.28. The predicted molar refractivity (Wildman–Crippen MR) is 151 cm³/mol. The molecule has 0 fully saturated rings. The van der Waals surface area contributed by atoms with Gasteiger partial charge in [0.25, 0.3) is 5.78 Å². The van der Waals surface area contributed by atoms with E-state index in [1.54, 1.807) is 30.3 Å². The summed E-state index contributed by atoms with van der Waals surface area (Å²) < 4.78 is 43.1. The van der Waals surface area contributed by atoms with E-state index >= 15 is 0 Å². The molecule has 1 aromatic rings. The van der Waals surface area contributed by atoms with Crippen molar-refractivity contribution in [3.05, 3.63) is 35.9 Å². The highest BCUT2D eigenvalue weighted by Crippen LogP contribution is 2.05. The SMILES string of the molecule is CCCCCCCCOCCOCCOCCOCCOCCOCCOCCOC(=O)C(=O)c1ccccc1. The molecule has 0 spiro atoms. The number of carbonyl (C=O) groups is 2. The maximum Gasteiger partial charge on any atom is 0.379 e. The number of unbranched alkanes of at least 4 members (excludes halogenated alkanes) is 5. The second kappa shape index (κ2) is 28.6. The fourth-order valence-corrected chi connectivity index (χ4v) is 3.37. The molecule has 0 aliphatic carbocycles. The molecule has 0 atom stereocenters. The average Bonchev–Trinajstić information content (AvgIpc) is 2.98. The summed E-state index contributed by atoms with van der Waals surface area (Å²) in [6.07, 6.45) is 7.64. The third-order valence-electron chi connectivity index (χ3n) is 5.56. The van der Waals surface area contributed by atoms with E-state index in [0.29, 0.717) is 84.8 Å². The Hall–Kier alpha value is -1.92. The number of hydrogen-bond acceptors (Lipinski definition) is 10. The largest absolute Gasteiger partial charge is 0.457 e. The Morgan fingerprint density at radius 2 is 0.850 bits per heavy atom. The molecule has 0 amide bonds. The van der Waals surface area contributed by atoms with Crippen molar-refractivity contribution in [2.75, 3.05) is 99.1 Å². The summed E-state index contributed by atoms with van der Waals surface area (Å²) in [5, 5.41) is 0. The first-order valence-corrected chi connectivity index (χ1v) is 14.6. The number of benzene rings is 1. The summed E-state index contributed by atoms with van der Waals surface area (Å²) in [7, 11) is 0. The van der Waals surface area contributed by atoms with E-state index in [-0.39, 0.29) is 13.2 Å². The van der Waals surface area contributed by atoms with Crippen molar-refractivity contribution >= 4 is 11.8 Å². The summed E-state index contributed by atoms with van der Waals surface area (Å²) in [4.78, 5) is 23.6. The predicted octanol–water partition coefficient (Wildman–Crippen LogP) is 3.89. The highest BCUT2D eigenvalue weighted by molar-refractivity contribution is 6.40. The van der Waals surface area contributed by atoms with Gasteiger partial charge < -0.3 is 37.9 Å². The van der Waals surface area contributed by atoms with Gasteiger partial charge in [0.1, 0.15) is 6.61 Å². The molecule has 0 N–H and O–H groups in total. The number of ether oxygens (including phenoxy) is 8. The van der Waals surface area contributed by atoms with Crippen LogP contribution in [0.4, 0.5) is 0 Å². The average molecular weight is 571 g/mol. The van der Waals surface area contributed by atoms with Gasteiger partial charge in [-0.2, -0.15) is 0 Å². The summed E-state index contributed by atoms with van der Waals surface area (Å²) in [5.41, 5.74) is 0.303. The summed E-state index contributed by atoms with van der Waals surface area (Å²) in [5.74, 6) is -1.56. The van der Waals surface area contributed by atoms with Crippen molar-refractivity contribution in [1.82, 2.24) is 0 Å². The van der Waals surface area contributed by atoms with Gasteiger partial charge in [-0.1, -0.05) is 69.4 Å². The molecule has 0 saturated heterocycles. The van der Waals surface area contributed by atoms with Gasteiger partial charge in [-0.15, -0.1) is 0 Å². The standard InChI is InChI=1S/C30H50O10/c1-2-3-4-5-6-10-13-33-14-15-34-16-17-35-18-19-36-20-21-37-22-23-38-24-25-39-26-27-40-30(32)29(31)28-11-8-7-9-12-28/h7-9,11-12H,2-6,10,13-27H2,1H3. The van der Waals surface area contributed by atoms with Crippen LogP contribution in [0.3, 0.4) is 0 Å². The van der Waals surface area contributed by atoms with Crippen LogP contribution in [-0.2, 0) is 42.7 Å². The van der Waals surface area contributed by atoms with Crippen molar-refractivity contribution in [3.63, 3.8) is 0 Å². The van der Waals surface area contributed by atoms with Gasteiger partial charge in [-0.3, -0.25) is 4.79 Å². The molecule has 0 aromatic heterocycles. The molecule has 10 heteroatoms. The fraction of sp³-hybridized carbons (Fsp3) is 0.733. The van der Waals surface area contributed by atoms with Crippen LogP contribution in [0, 0.1) is 0 Å². The Bertz CT molecular complexity index is 701. The lowest BCUT2D eigenvalue weighted by molar-refractivity contribution is -0.139. The zero-order chi connectivity index (χ0) is 28.8. The van der Waals surface area contributed by atoms with Crippen LogP contribution in [0.2, 0.25) is 0 Å². The molecule has 40 heavy (non-hydrogen) atoms. The first kappa shape index (κ1) is 36.1. The molecule has 230 valence electrons.